The first-order valence-corrected chi connectivity index (χ1v) is 11.1. The second kappa shape index (κ2) is 8.53. The van der Waals surface area contributed by atoms with E-state index in [4.69, 9.17) is 9.47 Å². The maximum Gasteiger partial charge on any atom is 0.317 e. The van der Waals surface area contributed by atoms with Crippen LogP contribution >= 0.6 is 0 Å². The number of carbonyl (C=O) groups is 1. The summed E-state index contributed by atoms with van der Waals surface area (Å²) < 4.78 is 11.8. The van der Waals surface area contributed by atoms with Crippen LogP contribution in [0.4, 0.5) is 4.79 Å². The van der Waals surface area contributed by atoms with Gasteiger partial charge in [0, 0.05) is 42.7 Å². The Kier molecular flexibility index (Phi) is 5.45. The van der Waals surface area contributed by atoms with Crippen molar-refractivity contribution in [2.24, 2.45) is 0 Å². The quantitative estimate of drug-likeness (QED) is 0.603. The Morgan fingerprint density at radius 2 is 1.94 bits per heavy atom. The highest BCUT2D eigenvalue weighted by molar-refractivity contribution is 5.84. The van der Waals surface area contributed by atoms with E-state index in [1.54, 1.807) is 7.11 Å². The van der Waals surface area contributed by atoms with Gasteiger partial charge in [0.1, 0.15) is 0 Å². The van der Waals surface area contributed by atoms with Gasteiger partial charge in [0.05, 0.1) is 13.2 Å². The van der Waals surface area contributed by atoms with E-state index in [0.717, 1.165) is 46.4 Å². The number of methoxy groups -OCH3 is 1. The number of hydrogen-bond acceptors (Lipinski definition) is 3. The second-order valence-corrected chi connectivity index (χ2v) is 8.56. The van der Waals surface area contributed by atoms with Crippen LogP contribution in [0.25, 0.3) is 10.9 Å². The molecule has 1 aromatic heterocycles. The first-order valence-electron chi connectivity index (χ1n) is 11.1. The summed E-state index contributed by atoms with van der Waals surface area (Å²) in [5.41, 5.74) is 3.39. The zero-order valence-electron chi connectivity index (χ0n) is 17.9. The van der Waals surface area contributed by atoms with E-state index >= 15 is 0 Å². The lowest BCUT2D eigenvalue weighted by atomic mass is 9.96. The van der Waals surface area contributed by atoms with Gasteiger partial charge < -0.3 is 24.7 Å². The third kappa shape index (κ3) is 4.07. The van der Waals surface area contributed by atoms with E-state index < -0.39 is 0 Å². The minimum Gasteiger partial charge on any atom is -0.493 e. The van der Waals surface area contributed by atoms with Gasteiger partial charge in [-0.2, -0.15) is 0 Å². The van der Waals surface area contributed by atoms with Crippen molar-refractivity contribution < 1.29 is 14.3 Å². The van der Waals surface area contributed by atoms with Crippen molar-refractivity contribution in [1.82, 2.24) is 15.2 Å². The number of carbonyl (C=O) groups excluding carboxylic acids is 1. The van der Waals surface area contributed by atoms with Gasteiger partial charge in [-0.25, -0.2) is 4.79 Å². The van der Waals surface area contributed by atoms with Gasteiger partial charge in [0.25, 0.3) is 0 Å². The fourth-order valence-corrected chi connectivity index (χ4v) is 4.79. The Morgan fingerprint density at radius 3 is 2.77 bits per heavy atom. The lowest BCUT2D eigenvalue weighted by molar-refractivity contribution is 0.176. The molecule has 2 aromatic carbocycles. The Balaban J connectivity index is 1.35. The van der Waals surface area contributed by atoms with Gasteiger partial charge in [-0.05, 0) is 55.0 Å². The molecule has 1 unspecified atom stereocenters. The first-order chi connectivity index (χ1) is 15.2. The Bertz CT molecular complexity index is 1070. The summed E-state index contributed by atoms with van der Waals surface area (Å²) in [6, 6.07) is 14.4. The molecule has 0 spiro atoms. The molecule has 3 aromatic rings. The molecular formula is C25H29N3O3. The summed E-state index contributed by atoms with van der Waals surface area (Å²) in [6.07, 6.45) is 6.93. The van der Waals surface area contributed by atoms with Crippen LogP contribution in [0.2, 0.25) is 0 Å². The van der Waals surface area contributed by atoms with Crippen LogP contribution in [0.15, 0.2) is 48.7 Å². The molecule has 2 fully saturated rings. The van der Waals surface area contributed by atoms with E-state index in [1.165, 1.54) is 12.8 Å². The molecule has 0 radical (unpaired) electrons. The predicted octanol–water partition coefficient (Wildman–Crippen LogP) is 4.81. The normalized spacial score (nSPS) is 19.6. The Labute approximate surface area is 182 Å². The third-order valence-corrected chi connectivity index (χ3v) is 6.52. The Morgan fingerprint density at radius 1 is 1.10 bits per heavy atom. The smallest absolute Gasteiger partial charge is 0.317 e. The molecular weight excluding hydrogens is 390 g/mol. The number of nitrogens with zero attached hydrogens (tertiary/aromatic N) is 1. The molecule has 0 bridgehead atoms. The number of aromatic nitrogens is 1. The SMILES string of the molecule is COc1ccc(C2CNC(=O)N(Cc3c[nH]c4ccccc34)C2)cc1OC1CCCC1. The van der Waals surface area contributed by atoms with E-state index in [-0.39, 0.29) is 18.1 Å². The topological polar surface area (TPSA) is 66.6 Å². The number of rotatable bonds is 6. The largest absolute Gasteiger partial charge is 0.493 e. The maximum atomic E-state index is 12.6. The molecule has 1 saturated carbocycles. The summed E-state index contributed by atoms with van der Waals surface area (Å²) in [5.74, 6) is 1.78. The summed E-state index contributed by atoms with van der Waals surface area (Å²) in [4.78, 5) is 17.8. The lowest BCUT2D eigenvalue weighted by Gasteiger charge is -2.33. The van der Waals surface area contributed by atoms with Crippen LogP contribution in [-0.2, 0) is 6.54 Å². The molecule has 1 atom stereocenters. The minimum atomic E-state index is -0.0162. The zero-order chi connectivity index (χ0) is 21.2. The summed E-state index contributed by atoms with van der Waals surface area (Å²) in [6.45, 7) is 1.87. The Hall–Kier alpha value is -3.15. The van der Waals surface area contributed by atoms with Crippen molar-refractivity contribution >= 4 is 16.9 Å². The van der Waals surface area contributed by atoms with Crippen LogP contribution in [-0.4, -0.2) is 42.2 Å². The number of ether oxygens (including phenoxy) is 2. The maximum absolute atomic E-state index is 12.6. The molecule has 31 heavy (non-hydrogen) atoms. The fraction of sp³-hybridized carbons (Fsp3) is 0.400. The number of para-hydroxylation sites is 1. The van der Waals surface area contributed by atoms with Gasteiger partial charge in [-0.1, -0.05) is 24.3 Å². The second-order valence-electron chi connectivity index (χ2n) is 8.56. The van der Waals surface area contributed by atoms with E-state index in [9.17, 15) is 4.79 Å². The highest BCUT2D eigenvalue weighted by atomic mass is 16.5. The highest BCUT2D eigenvalue weighted by Gasteiger charge is 2.28. The molecule has 6 nitrogen and oxygen atoms in total. The van der Waals surface area contributed by atoms with Crippen LogP contribution < -0.4 is 14.8 Å². The molecule has 2 aliphatic rings. The molecule has 6 heteroatoms. The van der Waals surface area contributed by atoms with Gasteiger partial charge in [0.2, 0.25) is 0 Å². The van der Waals surface area contributed by atoms with Crippen molar-refractivity contribution in [3.05, 3.63) is 59.8 Å². The van der Waals surface area contributed by atoms with Gasteiger partial charge in [-0.3, -0.25) is 0 Å². The first kappa shape index (κ1) is 19.8. The molecule has 2 amide bonds. The fourth-order valence-electron chi connectivity index (χ4n) is 4.79. The minimum absolute atomic E-state index is 0.0162. The van der Waals surface area contributed by atoms with Crippen molar-refractivity contribution in [1.29, 1.82) is 0 Å². The van der Waals surface area contributed by atoms with Gasteiger partial charge in [0.15, 0.2) is 11.5 Å². The van der Waals surface area contributed by atoms with Crippen LogP contribution in [0.3, 0.4) is 0 Å². The number of H-pyrrole nitrogens is 1. The average Bonchev–Trinajstić information content (AvgIpc) is 3.45. The van der Waals surface area contributed by atoms with Crippen LogP contribution in [0, 0.1) is 0 Å². The van der Waals surface area contributed by atoms with E-state index in [0.29, 0.717) is 19.6 Å². The molecule has 5 rings (SSSR count). The third-order valence-electron chi connectivity index (χ3n) is 6.52. The summed E-state index contributed by atoms with van der Waals surface area (Å²) in [7, 11) is 1.68. The number of fused-ring (bicyclic) bond motifs is 1. The van der Waals surface area contributed by atoms with Gasteiger partial charge >= 0.3 is 6.03 Å². The molecule has 2 heterocycles. The summed E-state index contributed by atoms with van der Waals surface area (Å²) in [5, 5.41) is 4.23. The monoisotopic (exact) mass is 419 g/mol. The van der Waals surface area contributed by atoms with E-state index in [2.05, 4.69) is 34.6 Å². The number of hydrogen-bond donors (Lipinski definition) is 2. The van der Waals surface area contributed by atoms with Crippen molar-refractivity contribution in [2.75, 3.05) is 20.2 Å². The predicted molar refractivity (Wildman–Crippen MR) is 121 cm³/mol. The molecule has 2 N–H and O–H groups in total. The number of amides is 2. The number of nitrogens with one attached hydrogen (secondary N) is 2. The molecule has 1 aliphatic carbocycles. The zero-order valence-corrected chi connectivity index (χ0v) is 17.9. The standard InChI is InChI=1S/C25H29N3O3/c1-30-23-11-10-17(12-24(23)31-20-6-2-3-7-20)18-13-27-25(29)28(15-18)16-19-14-26-22-9-5-4-8-21(19)22/h4-5,8-12,14,18,20,26H,2-3,6-7,13,15-16H2,1H3,(H,27,29). The molecule has 162 valence electrons. The molecule has 1 saturated heterocycles. The number of urea groups is 1. The van der Waals surface area contributed by atoms with E-state index in [1.807, 2.05) is 29.3 Å². The van der Waals surface area contributed by atoms with Crippen LogP contribution in [0.5, 0.6) is 11.5 Å². The highest BCUT2D eigenvalue weighted by Crippen LogP contribution is 2.35. The number of benzene rings is 2. The van der Waals surface area contributed by atoms with Crippen molar-refractivity contribution in [3.63, 3.8) is 0 Å². The van der Waals surface area contributed by atoms with Crippen molar-refractivity contribution in [2.45, 2.75) is 44.2 Å². The molecule has 1 aliphatic heterocycles. The lowest BCUT2D eigenvalue weighted by Crippen LogP contribution is -2.49. The summed E-state index contributed by atoms with van der Waals surface area (Å²) >= 11 is 0. The number of aromatic amines is 1. The average molecular weight is 420 g/mol. The van der Waals surface area contributed by atoms with Crippen LogP contribution in [0.1, 0.15) is 42.7 Å². The van der Waals surface area contributed by atoms with Gasteiger partial charge in [-0.15, -0.1) is 0 Å². The van der Waals surface area contributed by atoms with Crippen molar-refractivity contribution in [3.8, 4) is 11.5 Å².